The van der Waals surface area contributed by atoms with E-state index < -0.39 is 0 Å². The molecular weight excluding hydrogens is 460 g/mol. The molecular formula is C27H26N4O3S. The molecule has 1 amide bonds. The third-order valence-corrected chi connectivity index (χ3v) is 6.94. The highest BCUT2D eigenvalue weighted by Crippen LogP contribution is 2.40. The summed E-state index contributed by atoms with van der Waals surface area (Å²) in [7, 11) is 3.22. The molecule has 178 valence electrons. The van der Waals surface area contributed by atoms with Crippen LogP contribution >= 0.6 is 11.3 Å². The number of benzene rings is 2. The first kappa shape index (κ1) is 22.9. The van der Waals surface area contributed by atoms with Gasteiger partial charge in [0.15, 0.2) is 11.5 Å². The van der Waals surface area contributed by atoms with Crippen molar-refractivity contribution in [3.63, 3.8) is 0 Å². The Morgan fingerprint density at radius 2 is 1.86 bits per heavy atom. The van der Waals surface area contributed by atoms with Crippen molar-refractivity contribution in [2.24, 2.45) is 5.10 Å². The van der Waals surface area contributed by atoms with Crippen molar-refractivity contribution < 1.29 is 14.3 Å². The van der Waals surface area contributed by atoms with Gasteiger partial charge in [0, 0.05) is 30.2 Å². The number of hydrogen-bond acceptors (Lipinski definition) is 6. The molecule has 1 aliphatic rings. The van der Waals surface area contributed by atoms with E-state index >= 15 is 0 Å². The van der Waals surface area contributed by atoms with Crippen molar-refractivity contribution in [2.45, 2.75) is 25.8 Å². The number of hydrogen-bond donors (Lipinski definition) is 0. The predicted molar refractivity (Wildman–Crippen MR) is 137 cm³/mol. The van der Waals surface area contributed by atoms with Gasteiger partial charge in [-0.1, -0.05) is 31.2 Å². The van der Waals surface area contributed by atoms with E-state index in [1.54, 1.807) is 30.6 Å². The van der Waals surface area contributed by atoms with E-state index in [1.165, 1.54) is 0 Å². The summed E-state index contributed by atoms with van der Waals surface area (Å²) in [5.41, 5.74) is 4.52. The largest absolute Gasteiger partial charge is 0.493 e. The lowest BCUT2D eigenvalue weighted by atomic mass is 9.98. The number of ether oxygens (including phenoxy) is 2. The minimum absolute atomic E-state index is 0.0323. The highest BCUT2D eigenvalue weighted by molar-refractivity contribution is 7.13. The van der Waals surface area contributed by atoms with E-state index in [9.17, 15) is 4.79 Å². The van der Waals surface area contributed by atoms with Crippen LogP contribution in [0.15, 0.2) is 77.3 Å². The summed E-state index contributed by atoms with van der Waals surface area (Å²) in [6, 6.07) is 19.5. The normalized spacial score (nSPS) is 15.2. The Balaban J connectivity index is 1.59. The molecule has 2 aromatic carbocycles. The number of amides is 1. The average molecular weight is 487 g/mol. The van der Waals surface area contributed by atoms with E-state index in [1.807, 2.05) is 77.8 Å². The van der Waals surface area contributed by atoms with Crippen LogP contribution < -0.4 is 9.47 Å². The second-order valence-electron chi connectivity index (χ2n) is 8.12. The summed E-state index contributed by atoms with van der Waals surface area (Å²) in [5.74, 6) is 1.24. The van der Waals surface area contributed by atoms with Crippen LogP contribution in [0.5, 0.6) is 11.5 Å². The first-order valence-electron chi connectivity index (χ1n) is 11.4. The minimum atomic E-state index is -0.264. The number of aromatic nitrogens is 2. The van der Waals surface area contributed by atoms with Crippen LogP contribution in [-0.2, 0) is 4.79 Å². The first-order chi connectivity index (χ1) is 17.1. The molecule has 0 fully saturated rings. The molecule has 2 aromatic heterocycles. The van der Waals surface area contributed by atoms with Crippen LogP contribution in [-0.4, -0.2) is 40.6 Å². The molecule has 1 aliphatic heterocycles. The molecule has 0 saturated heterocycles. The highest BCUT2D eigenvalue weighted by atomic mass is 32.1. The fourth-order valence-electron chi connectivity index (χ4n) is 4.28. The van der Waals surface area contributed by atoms with Gasteiger partial charge in [0.2, 0.25) is 5.91 Å². The Morgan fingerprint density at radius 3 is 2.54 bits per heavy atom. The topological polar surface area (TPSA) is 69.0 Å². The molecule has 35 heavy (non-hydrogen) atoms. The first-order valence-corrected chi connectivity index (χ1v) is 12.3. The lowest BCUT2D eigenvalue weighted by Crippen LogP contribution is -2.26. The Kier molecular flexibility index (Phi) is 6.37. The van der Waals surface area contributed by atoms with E-state index in [4.69, 9.17) is 19.7 Å². The van der Waals surface area contributed by atoms with Crippen molar-refractivity contribution in [2.75, 3.05) is 14.2 Å². The van der Waals surface area contributed by atoms with Crippen LogP contribution in [0.2, 0.25) is 0 Å². The number of carbonyl (C=O) groups excluding carboxylic acids is 1. The van der Waals surface area contributed by atoms with Crippen molar-refractivity contribution >= 4 is 23.0 Å². The second kappa shape index (κ2) is 9.76. The van der Waals surface area contributed by atoms with Crippen LogP contribution in [0.3, 0.4) is 0 Å². The fourth-order valence-corrected chi connectivity index (χ4v) is 5.01. The summed E-state index contributed by atoms with van der Waals surface area (Å²) in [6.07, 6.45) is 2.96. The lowest BCUT2D eigenvalue weighted by Gasteiger charge is -2.21. The molecule has 0 unspecified atom stereocenters. The molecule has 7 nitrogen and oxygen atoms in total. The summed E-state index contributed by atoms with van der Waals surface area (Å²) >= 11 is 1.63. The Bertz CT molecular complexity index is 1360. The van der Waals surface area contributed by atoms with Gasteiger partial charge in [-0.25, -0.2) is 9.69 Å². The number of methoxy groups -OCH3 is 2. The zero-order chi connectivity index (χ0) is 24.4. The van der Waals surface area contributed by atoms with Crippen LogP contribution in [0.4, 0.5) is 0 Å². The molecule has 8 heteroatoms. The van der Waals surface area contributed by atoms with Gasteiger partial charge < -0.3 is 9.47 Å². The van der Waals surface area contributed by atoms with Gasteiger partial charge in [-0.2, -0.15) is 10.2 Å². The summed E-state index contributed by atoms with van der Waals surface area (Å²) in [5, 5.41) is 13.4. The molecule has 0 aliphatic carbocycles. The number of hydrazone groups is 1. The minimum Gasteiger partial charge on any atom is -0.493 e. The summed E-state index contributed by atoms with van der Waals surface area (Å²) in [4.78, 5) is 14.1. The zero-order valence-corrected chi connectivity index (χ0v) is 20.7. The van der Waals surface area contributed by atoms with E-state index in [0.29, 0.717) is 24.3 Å². The lowest BCUT2D eigenvalue weighted by molar-refractivity contribution is -0.132. The molecule has 0 radical (unpaired) electrons. The zero-order valence-electron chi connectivity index (χ0n) is 19.8. The molecule has 0 spiro atoms. The third kappa shape index (κ3) is 4.33. The molecule has 1 atom stereocenters. The Labute approximate surface area is 208 Å². The van der Waals surface area contributed by atoms with Gasteiger partial charge in [-0.15, -0.1) is 11.3 Å². The number of nitrogens with zero attached hydrogens (tertiary/aromatic N) is 4. The maximum Gasteiger partial charge on any atom is 0.242 e. The van der Waals surface area contributed by atoms with E-state index in [2.05, 4.69) is 6.07 Å². The predicted octanol–water partition coefficient (Wildman–Crippen LogP) is 5.71. The summed E-state index contributed by atoms with van der Waals surface area (Å²) in [6.45, 7) is 1.86. The average Bonchev–Trinajstić information content (AvgIpc) is 3.67. The molecule has 0 bridgehead atoms. The second-order valence-corrected chi connectivity index (χ2v) is 9.07. The molecule has 3 heterocycles. The highest BCUT2D eigenvalue weighted by Gasteiger charge is 2.36. The number of carbonyl (C=O) groups is 1. The van der Waals surface area contributed by atoms with Crippen LogP contribution in [0.1, 0.15) is 36.9 Å². The summed E-state index contributed by atoms with van der Waals surface area (Å²) < 4.78 is 12.8. The maximum atomic E-state index is 13.0. The fraction of sp³-hybridized carbons (Fsp3) is 0.222. The number of para-hydroxylation sites is 1. The Hall–Kier alpha value is -3.91. The van der Waals surface area contributed by atoms with E-state index in [0.717, 1.165) is 33.1 Å². The van der Waals surface area contributed by atoms with Gasteiger partial charge in [-0.3, -0.25) is 4.79 Å². The van der Waals surface area contributed by atoms with Crippen molar-refractivity contribution in [3.05, 3.63) is 83.4 Å². The Morgan fingerprint density at radius 1 is 1.06 bits per heavy atom. The van der Waals surface area contributed by atoms with Gasteiger partial charge in [0.05, 0.1) is 36.5 Å². The SMILES string of the molecule is CCC(=O)N1N=C(c2ccc(OC)c(OC)c2)C[C@@H]1c1cn(-c2ccccc2)nc1-c1cccs1. The molecule has 0 saturated carbocycles. The van der Waals surface area contributed by atoms with Crippen molar-refractivity contribution in [1.29, 1.82) is 0 Å². The monoisotopic (exact) mass is 486 g/mol. The van der Waals surface area contributed by atoms with Crippen LogP contribution in [0, 0.1) is 0 Å². The van der Waals surface area contributed by atoms with Gasteiger partial charge in [0.25, 0.3) is 0 Å². The van der Waals surface area contributed by atoms with Crippen molar-refractivity contribution in [1.82, 2.24) is 14.8 Å². The van der Waals surface area contributed by atoms with Gasteiger partial charge in [-0.05, 0) is 41.8 Å². The van der Waals surface area contributed by atoms with Gasteiger partial charge >= 0.3 is 0 Å². The smallest absolute Gasteiger partial charge is 0.242 e. The number of rotatable bonds is 7. The standard InChI is InChI=1S/C27H26N4O3S/c1-4-26(32)31-22(16-21(28-31)18-12-13-23(33-2)24(15-18)34-3)20-17-30(19-9-6-5-7-10-19)29-27(20)25-11-8-14-35-25/h5-15,17,22H,4,16H2,1-3H3/t22-/m1/s1. The van der Waals surface area contributed by atoms with Crippen LogP contribution in [0.25, 0.3) is 16.3 Å². The number of thiophene rings is 1. The molecule has 4 aromatic rings. The molecule has 0 N–H and O–H groups in total. The van der Waals surface area contributed by atoms with Crippen molar-refractivity contribution in [3.8, 4) is 27.8 Å². The van der Waals surface area contributed by atoms with E-state index in [-0.39, 0.29) is 11.9 Å². The molecule has 5 rings (SSSR count). The quantitative estimate of drug-likeness (QED) is 0.336. The maximum absolute atomic E-state index is 13.0. The third-order valence-electron chi connectivity index (χ3n) is 6.06. The van der Waals surface area contributed by atoms with Gasteiger partial charge in [0.1, 0.15) is 5.69 Å².